The summed E-state index contributed by atoms with van der Waals surface area (Å²) in [5, 5.41) is 3.51. The fourth-order valence-electron chi connectivity index (χ4n) is 2.41. The lowest BCUT2D eigenvalue weighted by Gasteiger charge is -2.32. The third kappa shape index (κ3) is 3.75. The van der Waals surface area contributed by atoms with E-state index in [0.717, 1.165) is 44.6 Å². The van der Waals surface area contributed by atoms with Gasteiger partial charge in [0.15, 0.2) is 0 Å². The molecule has 0 amide bonds. The van der Waals surface area contributed by atoms with Crippen LogP contribution in [0.3, 0.4) is 0 Å². The molecule has 1 atom stereocenters. The van der Waals surface area contributed by atoms with Gasteiger partial charge in [0.1, 0.15) is 0 Å². The van der Waals surface area contributed by atoms with Crippen molar-refractivity contribution in [1.82, 2.24) is 15.2 Å². The smallest absolute Gasteiger partial charge is 0.0619 e. The second-order valence-electron chi connectivity index (χ2n) is 5.71. The molecule has 0 aromatic carbocycles. The van der Waals surface area contributed by atoms with Gasteiger partial charge >= 0.3 is 0 Å². The first-order valence-corrected chi connectivity index (χ1v) is 7.30. The van der Waals surface area contributed by atoms with E-state index in [1.807, 2.05) is 6.20 Å². The molecule has 2 heterocycles. The minimum atomic E-state index is 0.492. The normalized spacial score (nSPS) is 24.6. The van der Waals surface area contributed by atoms with Crippen LogP contribution in [-0.2, 0) is 17.8 Å². The lowest BCUT2D eigenvalue weighted by molar-refractivity contribution is -0.00491. The Bertz CT molecular complexity index is 402. The standard InChI is InChI=1S/C15H23N3O/c1-12-11-19-7-6-18(12)10-15-3-2-13(9-17-15)8-16-14-4-5-14/h2-3,9,12,14,16H,4-8,10-11H2,1H3. The van der Waals surface area contributed by atoms with Gasteiger partial charge in [-0.25, -0.2) is 0 Å². The summed E-state index contributed by atoms with van der Waals surface area (Å²) in [6.07, 6.45) is 4.68. The Morgan fingerprint density at radius 2 is 2.32 bits per heavy atom. The molecule has 1 unspecified atom stereocenters. The molecule has 2 aliphatic rings. The van der Waals surface area contributed by atoms with E-state index in [0.29, 0.717) is 6.04 Å². The van der Waals surface area contributed by atoms with Crippen LogP contribution in [-0.4, -0.2) is 41.7 Å². The van der Waals surface area contributed by atoms with Gasteiger partial charge in [-0.05, 0) is 31.4 Å². The van der Waals surface area contributed by atoms with Crippen molar-refractivity contribution < 1.29 is 4.74 Å². The molecule has 0 spiro atoms. The fraction of sp³-hybridized carbons (Fsp3) is 0.667. The Labute approximate surface area is 115 Å². The molecule has 2 fully saturated rings. The number of morpholine rings is 1. The van der Waals surface area contributed by atoms with Gasteiger partial charge in [0, 0.05) is 37.9 Å². The molecule has 1 aromatic heterocycles. The number of nitrogens with one attached hydrogen (secondary N) is 1. The molecule has 3 rings (SSSR count). The van der Waals surface area contributed by atoms with Gasteiger partial charge in [0.2, 0.25) is 0 Å². The summed E-state index contributed by atoms with van der Waals surface area (Å²) in [5.74, 6) is 0. The van der Waals surface area contributed by atoms with Gasteiger partial charge in [0.25, 0.3) is 0 Å². The van der Waals surface area contributed by atoms with Crippen LogP contribution in [0.15, 0.2) is 18.3 Å². The number of rotatable bonds is 5. The largest absolute Gasteiger partial charge is 0.379 e. The Hall–Kier alpha value is -0.970. The molecular formula is C15H23N3O. The summed E-state index contributed by atoms with van der Waals surface area (Å²) in [6, 6.07) is 5.61. The average molecular weight is 261 g/mol. The monoisotopic (exact) mass is 261 g/mol. The van der Waals surface area contributed by atoms with Crippen LogP contribution in [0, 0.1) is 0 Å². The SMILES string of the molecule is CC1COCCN1Cc1ccc(CNC2CC2)cn1. The highest BCUT2D eigenvalue weighted by atomic mass is 16.5. The number of pyridine rings is 1. The molecule has 1 saturated heterocycles. The number of aromatic nitrogens is 1. The topological polar surface area (TPSA) is 37.4 Å². The van der Waals surface area contributed by atoms with Crippen LogP contribution < -0.4 is 5.32 Å². The van der Waals surface area contributed by atoms with Crippen molar-refractivity contribution in [2.75, 3.05) is 19.8 Å². The summed E-state index contributed by atoms with van der Waals surface area (Å²) >= 11 is 0. The molecular weight excluding hydrogens is 238 g/mol. The predicted molar refractivity (Wildman–Crippen MR) is 74.8 cm³/mol. The van der Waals surface area contributed by atoms with Gasteiger partial charge in [-0.1, -0.05) is 6.07 Å². The van der Waals surface area contributed by atoms with E-state index in [9.17, 15) is 0 Å². The fourth-order valence-corrected chi connectivity index (χ4v) is 2.41. The van der Waals surface area contributed by atoms with Gasteiger partial charge < -0.3 is 10.1 Å². The highest BCUT2D eigenvalue weighted by Crippen LogP contribution is 2.19. The van der Waals surface area contributed by atoms with Crippen LogP contribution in [0.25, 0.3) is 0 Å². The van der Waals surface area contributed by atoms with E-state index in [4.69, 9.17) is 4.74 Å². The second-order valence-corrected chi connectivity index (χ2v) is 5.71. The molecule has 1 saturated carbocycles. The second kappa shape index (κ2) is 5.99. The lowest BCUT2D eigenvalue weighted by Crippen LogP contribution is -2.43. The van der Waals surface area contributed by atoms with E-state index in [-0.39, 0.29) is 0 Å². The average Bonchev–Trinajstić information content (AvgIpc) is 3.25. The third-order valence-corrected chi connectivity index (χ3v) is 3.93. The Morgan fingerprint density at radius 1 is 1.42 bits per heavy atom. The molecule has 19 heavy (non-hydrogen) atoms. The predicted octanol–water partition coefficient (Wildman–Crippen LogP) is 1.55. The van der Waals surface area contributed by atoms with Crippen molar-refractivity contribution in [1.29, 1.82) is 0 Å². The highest BCUT2D eigenvalue weighted by Gasteiger charge is 2.20. The summed E-state index contributed by atoms with van der Waals surface area (Å²) in [7, 11) is 0. The summed E-state index contributed by atoms with van der Waals surface area (Å²) in [6.45, 7) is 6.78. The molecule has 0 radical (unpaired) electrons. The molecule has 1 aromatic rings. The Morgan fingerprint density at radius 3 is 3.00 bits per heavy atom. The van der Waals surface area contributed by atoms with Gasteiger partial charge in [-0.15, -0.1) is 0 Å². The molecule has 0 bridgehead atoms. The van der Waals surface area contributed by atoms with E-state index in [2.05, 4.69) is 34.3 Å². The van der Waals surface area contributed by atoms with Gasteiger partial charge in [0.05, 0.1) is 18.9 Å². The van der Waals surface area contributed by atoms with Crippen molar-refractivity contribution in [3.05, 3.63) is 29.6 Å². The molecule has 1 aliphatic heterocycles. The van der Waals surface area contributed by atoms with Crippen molar-refractivity contribution >= 4 is 0 Å². The Balaban J connectivity index is 1.52. The zero-order chi connectivity index (χ0) is 13.1. The summed E-state index contributed by atoms with van der Waals surface area (Å²) < 4.78 is 5.46. The van der Waals surface area contributed by atoms with Gasteiger partial charge in [-0.3, -0.25) is 9.88 Å². The highest BCUT2D eigenvalue weighted by molar-refractivity contribution is 5.14. The van der Waals surface area contributed by atoms with E-state index in [1.165, 1.54) is 18.4 Å². The molecule has 1 aliphatic carbocycles. The molecule has 4 nitrogen and oxygen atoms in total. The van der Waals surface area contributed by atoms with Crippen LogP contribution >= 0.6 is 0 Å². The minimum absolute atomic E-state index is 0.492. The third-order valence-electron chi connectivity index (χ3n) is 3.93. The minimum Gasteiger partial charge on any atom is -0.379 e. The zero-order valence-electron chi connectivity index (χ0n) is 11.6. The number of hydrogen-bond donors (Lipinski definition) is 1. The number of nitrogens with zero attached hydrogens (tertiary/aromatic N) is 2. The number of ether oxygens (including phenoxy) is 1. The van der Waals surface area contributed by atoms with Crippen LogP contribution in [0.2, 0.25) is 0 Å². The van der Waals surface area contributed by atoms with Crippen molar-refractivity contribution in [2.24, 2.45) is 0 Å². The summed E-state index contributed by atoms with van der Waals surface area (Å²) in [4.78, 5) is 7.02. The van der Waals surface area contributed by atoms with Gasteiger partial charge in [-0.2, -0.15) is 0 Å². The molecule has 104 valence electrons. The van der Waals surface area contributed by atoms with Crippen molar-refractivity contribution in [2.45, 2.75) is 44.9 Å². The quantitative estimate of drug-likeness (QED) is 0.873. The summed E-state index contributed by atoms with van der Waals surface area (Å²) in [5.41, 5.74) is 2.44. The number of hydrogen-bond acceptors (Lipinski definition) is 4. The lowest BCUT2D eigenvalue weighted by atomic mass is 10.2. The Kier molecular flexibility index (Phi) is 4.11. The molecule has 1 N–H and O–H groups in total. The first-order valence-electron chi connectivity index (χ1n) is 7.30. The first-order chi connectivity index (χ1) is 9.31. The van der Waals surface area contributed by atoms with Crippen molar-refractivity contribution in [3.63, 3.8) is 0 Å². The maximum atomic E-state index is 5.46. The van der Waals surface area contributed by atoms with Crippen LogP contribution in [0.1, 0.15) is 31.0 Å². The van der Waals surface area contributed by atoms with E-state index in [1.54, 1.807) is 0 Å². The molecule has 4 heteroatoms. The van der Waals surface area contributed by atoms with E-state index >= 15 is 0 Å². The maximum Gasteiger partial charge on any atom is 0.0619 e. The van der Waals surface area contributed by atoms with E-state index < -0.39 is 0 Å². The van der Waals surface area contributed by atoms with Crippen LogP contribution in [0.5, 0.6) is 0 Å². The van der Waals surface area contributed by atoms with Crippen LogP contribution in [0.4, 0.5) is 0 Å². The zero-order valence-corrected chi connectivity index (χ0v) is 11.6. The first kappa shape index (κ1) is 13.0. The maximum absolute atomic E-state index is 5.46. The van der Waals surface area contributed by atoms with Crippen molar-refractivity contribution in [3.8, 4) is 0 Å².